The first-order valence-corrected chi connectivity index (χ1v) is 14.2. The second-order valence-corrected chi connectivity index (χ2v) is 18.4. The fraction of sp³-hybridized carbons (Fsp3) is 0.500. The van der Waals surface area contributed by atoms with Crippen molar-refractivity contribution >= 4 is 22.0 Å². The average molecular weight is 283 g/mol. The summed E-state index contributed by atoms with van der Waals surface area (Å²) in [5, 5.41) is 0. The molecule has 13 heavy (non-hydrogen) atoms. The zero-order valence-corrected chi connectivity index (χ0v) is 12.0. The summed E-state index contributed by atoms with van der Waals surface area (Å²) in [5.74, 6) is 0.853. The van der Waals surface area contributed by atoms with Crippen molar-refractivity contribution in [2.24, 2.45) is 5.92 Å². The van der Waals surface area contributed by atoms with E-state index >= 15 is 0 Å². The molecule has 0 amide bonds. The van der Waals surface area contributed by atoms with Gasteiger partial charge in [0, 0.05) is 0 Å². The summed E-state index contributed by atoms with van der Waals surface area (Å²) < 4.78 is 3.11. The first-order valence-electron chi connectivity index (χ1n) is 5.08. The third-order valence-corrected chi connectivity index (χ3v) is 13.1. The molecule has 72 valence electrons. The van der Waals surface area contributed by atoms with E-state index in [1.54, 1.807) is 3.58 Å². The molecule has 0 aliphatic heterocycles. The minimum absolute atomic E-state index is 0.853. The molecule has 0 bridgehead atoms. The van der Waals surface area contributed by atoms with E-state index in [4.69, 9.17) is 0 Å². The topological polar surface area (TPSA) is 0 Å². The SMILES string of the molecule is CC(C)[CH2][Sn]([CH3])([CH3])[c]1ccccc1. The fourth-order valence-corrected chi connectivity index (χ4v) is 11.7. The molecule has 0 saturated carbocycles. The molecule has 1 aromatic carbocycles. The summed E-state index contributed by atoms with van der Waals surface area (Å²) in [6.07, 6.45) is 0. The maximum atomic E-state index is 2.53. The Labute approximate surface area is 86.2 Å². The molecule has 0 N–H and O–H groups in total. The predicted octanol–water partition coefficient (Wildman–Crippen LogP) is 3.26. The van der Waals surface area contributed by atoms with Crippen molar-refractivity contribution in [1.29, 1.82) is 0 Å². The van der Waals surface area contributed by atoms with Crippen LogP contribution in [-0.4, -0.2) is 18.4 Å². The molecule has 0 aliphatic carbocycles. The molecule has 0 spiro atoms. The van der Waals surface area contributed by atoms with Crippen molar-refractivity contribution in [1.82, 2.24) is 0 Å². The quantitative estimate of drug-likeness (QED) is 0.747. The van der Waals surface area contributed by atoms with Gasteiger partial charge in [0.05, 0.1) is 0 Å². The van der Waals surface area contributed by atoms with Crippen molar-refractivity contribution in [3.63, 3.8) is 0 Å². The summed E-state index contributed by atoms with van der Waals surface area (Å²) >= 11 is -1.89. The summed E-state index contributed by atoms with van der Waals surface area (Å²) in [4.78, 5) is 5.06. The Morgan fingerprint density at radius 3 is 2.08 bits per heavy atom. The monoisotopic (exact) mass is 284 g/mol. The van der Waals surface area contributed by atoms with Crippen molar-refractivity contribution in [2.45, 2.75) is 28.2 Å². The summed E-state index contributed by atoms with van der Waals surface area (Å²) in [5.41, 5.74) is 0. The van der Waals surface area contributed by atoms with Crippen LogP contribution in [0.1, 0.15) is 13.8 Å². The van der Waals surface area contributed by atoms with E-state index in [0.717, 1.165) is 5.92 Å². The predicted molar refractivity (Wildman–Crippen MR) is 63.2 cm³/mol. The molecular formula is C12H20Sn. The normalized spacial score (nSPS) is 12.1. The number of hydrogen-bond donors (Lipinski definition) is 0. The molecule has 0 nitrogen and oxygen atoms in total. The van der Waals surface area contributed by atoms with Gasteiger partial charge in [0.25, 0.3) is 0 Å². The third kappa shape index (κ3) is 3.34. The van der Waals surface area contributed by atoms with Gasteiger partial charge in [-0.15, -0.1) is 0 Å². The number of rotatable bonds is 3. The summed E-state index contributed by atoms with van der Waals surface area (Å²) in [7, 11) is 0. The van der Waals surface area contributed by atoms with Crippen molar-refractivity contribution < 1.29 is 0 Å². The van der Waals surface area contributed by atoms with Gasteiger partial charge in [-0.3, -0.25) is 0 Å². The molecule has 0 fully saturated rings. The average Bonchev–Trinajstić information content (AvgIpc) is 2.04. The van der Waals surface area contributed by atoms with Crippen molar-refractivity contribution in [2.75, 3.05) is 0 Å². The van der Waals surface area contributed by atoms with E-state index in [2.05, 4.69) is 54.1 Å². The van der Waals surface area contributed by atoms with Gasteiger partial charge < -0.3 is 0 Å². The zero-order valence-electron chi connectivity index (χ0n) is 9.17. The summed E-state index contributed by atoms with van der Waals surface area (Å²) in [6.45, 7) is 4.67. The van der Waals surface area contributed by atoms with Gasteiger partial charge in [-0.2, -0.15) is 0 Å². The molecular weight excluding hydrogens is 263 g/mol. The molecule has 0 unspecified atom stereocenters. The van der Waals surface area contributed by atoms with Crippen LogP contribution < -0.4 is 3.58 Å². The minimum atomic E-state index is -1.89. The molecule has 1 aromatic rings. The van der Waals surface area contributed by atoms with E-state index in [0.29, 0.717) is 0 Å². The molecule has 1 heteroatoms. The Balaban J connectivity index is 2.81. The van der Waals surface area contributed by atoms with E-state index in [1.807, 2.05) is 0 Å². The van der Waals surface area contributed by atoms with Crippen LogP contribution in [0.25, 0.3) is 0 Å². The third-order valence-electron chi connectivity index (χ3n) is 2.47. The standard InChI is InChI=1S/C6H5.C4H9.2CH3.Sn/c1-2-4-6-5-3-1;1-4(2)3;;;/h1-5H;4H,1H2,2-3H3;2*1H3;. The van der Waals surface area contributed by atoms with E-state index in [-0.39, 0.29) is 0 Å². The fourth-order valence-electron chi connectivity index (χ4n) is 2.03. The Morgan fingerprint density at radius 2 is 1.62 bits per heavy atom. The van der Waals surface area contributed by atoms with Gasteiger partial charge in [-0.25, -0.2) is 0 Å². The Kier molecular flexibility index (Phi) is 3.84. The van der Waals surface area contributed by atoms with Gasteiger partial charge in [0.15, 0.2) is 0 Å². The van der Waals surface area contributed by atoms with Crippen molar-refractivity contribution in [3.05, 3.63) is 30.3 Å². The van der Waals surface area contributed by atoms with E-state index < -0.39 is 18.4 Å². The van der Waals surface area contributed by atoms with Crippen LogP contribution in [0.2, 0.25) is 14.3 Å². The van der Waals surface area contributed by atoms with E-state index in [9.17, 15) is 0 Å². The van der Waals surface area contributed by atoms with Crippen LogP contribution >= 0.6 is 0 Å². The molecule has 0 radical (unpaired) electrons. The molecule has 1 rings (SSSR count). The zero-order chi connectivity index (χ0) is 9.90. The second-order valence-electron chi connectivity index (χ2n) is 4.85. The van der Waals surface area contributed by atoms with Crippen LogP contribution in [0.4, 0.5) is 0 Å². The first kappa shape index (κ1) is 11.1. The van der Waals surface area contributed by atoms with Crippen LogP contribution in [0.5, 0.6) is 0 Å². The van der Waals surface area contributed by atoms with Crippen LogP contribution in [-0.2, 0) is 0 Å². The Hall–Kier alpha value is 0.0187. The maximum absolute atomic E-state index is 2.53. The first-order chi connectivity index (χ1) is 6.02. The molecule has 0 aliphatic rings. The van der Waals surface area contributed by atoms with E-state index in [1.165, 1.54) is 4.44 Å². The molecule has 0 heterocycles. The van der Waals surface area contributed by atoms with Gasteiger partial charge in [0.2, 0.25) is 0 Å². The Morgan fingerprint density at radius 1 is 1.08 bits per heavy atom. The van der Waals surface area contributed by atoms with Gasteiger partial charge in [0.1, 0.15) is 0 Å². The van der Waals surface area contributed by atoms with Gasteiger partial charge in [-0.1, -0.05) is 0 Å². The second kappa shape index (κ2) is 4.49. The molecule has 0 atom stereocenters. The van der Waals surface area contributed by atoms with Crippen molar-refractivity contribution in [3.8, 4) is 0 Å². The van der Waals surface area contributed by atoms with Crippen LogP contribution in [0, 0.1) is 5.92 Å². The molecule has 0 saturated heterocycles. The molecule has 0 aromatic heterocycles. The number of benzene rings is 1. The summed E-state index contributed by atoms with van der Waals surface area (Å²) in [6, 6.07) is 11.1. The van der Waals surface area contributed by atoms with Crippen LogP contribution in [0.15, 0.2) is 30.3 Å². The van der Waals surface area contributed by atoms with Gasteiger partial charge >= 0.3 is 86.4 Å². The number of hydrogen-bond acceptors (Lipinski definition) is 0. The Bertz CT molecular complexity index is 249. The van der Waals surface area contributed by atoms with Crippen LogP contribution in [0.3, 0.4) is 0 Å². The van der Waals surface area contributed by atoms with Gasteiger partial charge in [-0.05, 0) is 0 Å².